The van der Waals surface area contributed by atoms with Crippen LogP contribution in [0.15, 0.2) is 12.1 Å². The van der Waals surface area contributed by atoms with Gasteiger partial charge in [-0.3, -0.25) is 19.2 Å². The van der Waals surface area contributed by atoms with Crippen molar-refractivity contribution in [3.8, 4) is 17.2 Å². The first kappa shape index (κ1) is 28.1. The van der Waals surface area contributed by atoms with Gasteiger partial charge >= 0.3 is 17.9 Å². The molecule has 2 rings (SSSR count). The number of hydrogen-bond acceptors (Lipinski definition) is 8. The number of ether oxygens (including phenoxy) is 4. The van der Waals surface area contributed by atoms with Crippen molar-refractivity contribution in [3.05, 3.63) is 17.7 Å². The second kappa shape index (κ2) is 12.0. The fourth-order valence-electron chi connectivity index (χ4n) is 4.36. The number of carbonyl (C=O) groups excluding carboxylic acids is 4. The van der Waals surface area contributed by atoms with E-state index in [-0.39, 0.29) is 36.5 Å². The quantitative estimate of drug-likeness (QED) is 0.374. The molecular weight excluding hydrogens is 454 g/mol. The van der Waals surface area contributed by atoms with Crippen LogP contribution in [0.25, 0.3) is 0 Å². The highest BCUT2D eigenvalue weighted by Gasteiger charge is 2.30. The number of benzene rings is 1. The van der Waals surface area contributed by atoms with Gasteiger partial charge in [-0.2, -0.15) is 0 Å². The van der Waals surface area contributed by atoms with Crippen LogP contribution in [0.3, 0.4) is 0 Å². The third kappa shape index (κ3) is 8.56. The van der Waals surface area contributed by atoms with Crippen molar-refractivity contribution < 1.29 is 38.1 Å². The van der Waals surface area contributed by atoms with E-state index < -0.39 is 29.6 Å². The standard InChI is InChI=1S/C26H37NO8/c1-16(28)27(26(5,6)7)14-22(34-18(3)30)15-32-25-23(20-10-8-9-11-20)12-21(33-17(2)29)13-24(25)35-19(4)31/h12-13,20,22H,8-11,14-15H2,1-7H3. The molecule has 1 aliphatic carbocycles. The van der Waals surface area contributed by atoms with Gasteiger partial charge in [0.1, 0.15) is 12.4 Å². The minimum Gasteiger partial charge on any atom is -0.485 e. The Morgan fingerprint density at radius 1 is 0.943 bits per heavy atom. The summed E-state index contributed by atoms with van der Waals surface area (Å²) in [7, 11) is 0. The van der Waals surface area contributed by atoms with Gasteiger partial charge in [0, 0.05) is 44.9 Å². The molecule has 35 heavy (non-hydrogen) atoms. The molecule has 0 N–H and O–H groups in total. The Balaban J connectivity index is 2.44. The summed E-state index contributed by atoms with van der Waals surface area (Å²) in [5.74, 6) is -0.861. The zero-order valence-corrected chi connectivity index (χ0v) is 21.8. The number of amides is 1. The predicted octanol–water partition coefficient (Wildman–Crippen LogP) is 4.15. The van der Waals surface area contributed by atoms with E-state index in [2.05, 4.69) is 0 Å². The van der Waals surface area contributed by atoms with E-state index in [1.54, 1.807) is 11.0 Å². The van der Waals surface area contributed by atoms with Crippen molar-refractivity contribution in [1.82, 2.24) is 4.90 Å². The van der Waals surface area contributed by atoms with Crippen LogP contribution < -0.4 is 14.2 Å². The Morgan fingerprint density at radius 2 is 1.54 bits per heavy atom. The Hall–Kier alpha value is -3.10. The molecule has 0 aliphatic heterocycles. The highest BCUT2D eigenvalue weighted by molar-refractivity contribution is 5.74. The van der Waals surface area contributed by atoms with Gasteiger partial charge in [-0.25, -0.2) is 0 Å². The second-order valence-corrected chi connectivity index (χ2v) is 9.85. The largest absolute Gasteiger partial charge is 0.485 e. The molecule has 0 aromatic heterocycles. The third-order valence-electron chi connectivity index (χ3n) is 5.69. The highest BCUT2D eigenvalue weighted by atomic mass is 16.6. The minimum absolute atomic E-state index is 0.0691. The van der Waals surface area contributed by atoms with Gasteiger partial charge in [-0.15, -0.1) is 0 Å². The van der Waals surface area contributed by atoms with E-state index in [4.69, 9.17) is 18.9 Å². The maximum atomic E-state index is 12.3. The summed E-state index contributed by atoms with van der Waals surface area (Å²) in [5.41, 5.74) is 0.270. The van der Waals surface area contributed by atoms with Crippen LogP contribution in [-0.4, -0.2) is 53.5 Å². The van der Waals surface area contributed by atoms with Gasteiger partial charge in [0.25, 0.3) is 0 Å². The van der Waals surface area contributed by atoms with Gasteiger partial charge in [-0.1, -0.05) is 12.8 Å². The summed E-state index contributed by atoms with van der Waals surface area (Å²) in [6, 6.07) is 3.17. The maximum absolute atomic E-state index is 12.3. The van der Waals surface area contributed by atoms with E-state index >= 15 is 0 Å². The second-order valence-electron chi connectivity index (χ2n) is 9.85. The third-order valence-corrected chi connectivity index (χ3v) is 5.69. The smallest absolute Gasteiger partial charge is 0.308 e. The van der Waals surface area contributed by atoms with Crippen LogP contribution in [-0.2, 0) is 23.9 Å². The van der Waals surface area contributed by atoms with Crippen LogP contribution in [0.4, 0.5) is 0 Å². The van der Waals surface area contributed by atoms with E-state index in [0.717, 1.165) is 31.2 Å². The van der Waals surface area contributed by atoms with Crippen LogP contribution in [0, 0.1) is 0 Å². The zero-order valence-electron chi connectivity index (χ0n) is 21.8. The predicted molar refractivity (Wildman–Crippen MR) is 128 cm³/mol. The monoisotopic (exact) mass is 491 g/mol. The minimum atomic E-state index is -0.759. The molecule has 9 nitrogen and oxygen atoms in total. The van der Waals surface area contributed by atoms with Crippen molar-refractivity contribution in [2.75, 3.05) is 13.2 Å². The Morgan fingerprint density at radius 3 is 2.03 bits per heavy atom. The van der Waals surface area contributed by atoms with E-state index in [0.29, 0.717) is 5.75 Å². The number of carbonyl (C=O) groups is 4. The summed E-state index contributed by atoms with van der Waals surface area (Å²) < 4.78 is 22.4. The van der Waals surface area contributed by atoms with Crippen molar-refractivity contribution >= 4 is 23.8 Å². The average molecular weight is 492 g/mol. The highest BCUT2D eigenvalue weighted by Crippen LogP contribution is 2.45. The first-order chi connectivity index (χ1) is 16.3. The number of esters is 3. The lowest BCUT2D eigenvalue weighted by molar-refractivity contribution is -0.153. The normalized spacial score (nSPS) is 14.7. The first-order valence-corrected chi connectivity index (χ1v) is 11.9. The lowest BCUT2D eigenvalue weighted by Gasteiger charge is -2.37. The molecule has 1 aromatic rings. The molecule has 1 fully saturated rings. The van der Waals surface area contributed by atoms with E-state index in [1.807, 2.05) is 20.8 Å². The van der Waals surface area contributed by atoms with E-state index in [9.17, 15) is 19.2 Å². The van der Waals surface area contributed by atoms with Gasteiger partial charge in [0.15, 0.2) is 17.6 Å². The molecular formula is C26H37NO8. The molecule has 1 aliphatic rings. The van der Waals surface area contributed by atoms with Crippen molar-refractivity contribution in [3.63, 3.8) is 0 Å². The topological polar surface area (TPSA) is 108 Å². The molecule has 0 spiro atoms. The fourth-order valence-corrected chi connectivity index (χ4v) is 4.36. The molecule has 1 aromatic carbocycles. The summed E-state index contributed by atoms with van der Waals surface area (Å²) in [5, 5.41) is 0. The van der Waals surface area contributed by atoms with Crippen molar-refractivity contribution in [2.24, 2.45) is 0 Å². The van der Waals surface area contributed by atoms with Gasteiger partial charge in [0.05, 0.1) is 6.54 Å². The van der Waals surface area contributed by atoms with Gasteiger partial charge < -0.3 is 23.8 Å². The average Bonchev–Trinajstić information content (AvgIpc) is 3.22. The van der Waals surface area contributed by atoms with Crippen LogP contribution >= 0.6 is 0 Å². The van der Waals surface area contributed by atoms with Crippen LogP contribution in [0.1, 0.15) is 85.6 Å². The molecule has 0 saturated heterocycles. The van der Waals surface area contributed by atoms with Crippen LogP contribution in [0.2, 0.25) is 0 Å². The lowest BCUT2D eigenvalue weighted by atomic mass is 9.96. The fraction of sp³-hybridized carbons (Fsp3) is 0.615. The van der Waals surface area contributed by atoms with Crippen LogP contribution in [0.5, 0.6) is 17.2 Å². The molecule has 1 amide bonds. The molecule has 194 valence electrons. The molecule has 1 atom stereocenters. The molecule has 1 saturated carbocycles. The molecule has 0 heterocycles. The number of rotatable bonds is 9. The van der Waals surface area contributed by atoms with Crippen molar-refractivity contribution in [2.45, 2.75) is 91.7 Å². The SMILES string of the molecule is CC(=O)Oc1cc(OC(C)=O)c(OCC(CN(C(C)=O)C(C)(C)C)OC(C)=O)c(C2CCCC2)c1. The molecule has 0 bridgehead atoms. The van der Waals surface area contributed by atoms with Crippen molar-refractivity contribution in [1.29, 1.82) is 0 Å². The Labute approximate surface area is 207 Å². The first-order valence-electron chi connectivity index (χ1n) is 11.9. The number of nitrogens with zero attached hydrogens (tertiary/aromatic N) is 1. The molecule has 1 unspecified atom stereocenters. The zero-order chi connectivity index (χ0) is 26.3. The van der Waals surface area contributed by atoms with E-state index in [1.165, 1.54) is 33.8 Å². The maximum Gasteiger partial charge on any atom is 0.308 e. The molecule has 9 heteroatoms. The summed E-state index contributed by atoms with van der Waals surface area (Å²) in [6.45, 7) is 11.1. The summed E-state index contributed by atoms with van der Waals surface area (Å²) >= 11 is 0. The van der Waals surface area contributed by atoms with Gasteiger partial charge in [0.2, 0.25) is 5.91 Å². The number of hydrogen-bond donors (Lipinski definition) is 0. The Kier molecular flexibility index (Phi) is 9.68. The Bertz CT molecular complexity index is 943. The van der Waals surface area contributed by atoms with Gasteiger partial charge in [-0.05, 0) is 45.6 Å². The molecule has 0 radical (unpaired) electrons. The summed E-state index contributed by atoms with van der Waals surface area (Å²) in [6.07, 6.45) is 3.15. The summed E-state index contributed by atoms with van der Waals surface area (Å²) in [4.78, 5) is 49.1. The lowest BCUT2D eigenvalue weighted by Crippen LogP contribution is -2.50.